The average molecular weight is 305 g/mol. The number of pyridine rings is 1. The van der Waals surface area contributed by atoms with Gasteiger partial charge in [-0.25, -0.2) is 0 Å². The molecule has 0 atom stereocenters. The van der Waals surface area contributed by atoms with E-state index in [1.807, 2.05) is 12.1 Å². The van der Waals surface area contributed by atoms with Crippen molar-refractivity contribution in [2.24, 2.45) is 0 Å². The molecule has 3 aromatic rings. The monoisotopic (exact) mass is 305 g/mol. The van der Waals surface area contributed by atoms with Crippen LogP contribution in [0.25, 0.3) is 11.4 Å². The Morgan fingerprint density at radius 2 is 1.64 bits per heavy atom. The Morgan fingerprint density at radius 3 is 2.27 bits per heavy atom. The minimum absolute atomic E-state index is 0.262. The Kier molecular flexibility index (Phi) is 3.62. The molecular weight excluding hydrogens is 295 g/mol. The lowest BCUT2D eigenvalue weighted by atomic mass is 10.1. The molecule has 0 aliphatic rings. The first-order valence-electron chi connectivity index (χ1n) is 6.41. The molecule has 0 unspecified atom stereocenters. The Labute approximate surface area is 123 Å². The highest BCUT2D eigenvalue weighted by molar-refractivity contribution is 5.54. The van der Waals surface area contributed by atoms with E-state index in [1.54, 1.807) is 12.4 Å². The zero-order chi connectivity index (χ0) is 15.6. The third-order valence-corrected chi connectivity index (χ3v) is 3.04. The van der Waals surface area contributed by atoms with Crippen LogP contribution in [0.5, 0.6) is 0 Å². The molecule has 0 spiro atoms. The topological polar surface area (TPSA) is 51.8 Å². The van der Waals surface area contributed by atoms with Gasteiger partial charge in [0.15, 0.2) is 0 Å². The first-order valence-corrected chi connectivity index (χ1v) is 6.41. The summed E-state index contributed by atoms with van der Waals surface area (Å²) in [5.41, 5.74) is 0.715. The summed E-state index contributed by atoms with van der Waals surface area (Å²) >= 11 is 0. The molecule has 3 rings (SSSR count). The highest BCUT2D eigenvalue weighted by Gasteiger charge is 2.30. The molecule has 0 aliphatic carbocycles. The van der Waals surface area contributed by atoms with Crippen LogP contribution in [-0.2, 0) is 12.6 Å². The summed E-state index contributed by atoms with van der Waals surface area (Å²) in [4.78, 5) is 8.10. The van der Waals surface area contributed by atoms with Gasteiger partial charge in [0, 0.05) is 18.0 Å². The third-order valence-electron chi connectivity index (χ3n) is 3.04. The summed E-state index contributed by atoms with van der Waals surface area (Å²) < 4.78 is 42.7. The average Bonchev–Trinajstić information content (AvgIpc) is 2.96. The van der Waals surface area contributed by atoms with Gasteiger partial charge in [0.2, 0.25) is 11.7 Å². The van der Waals surface area contributed by atoms with Gasteiger partial charge in [0.05, 0.1) is 12.0 Å². The molecule has 4 nitrogen and oxygen atoms in total. The van der Waals surface area contributed by atoms with E-state index in [4.69, 9.17) is 4.52 Å². The molecule has 2 heterocycles. The molecule has 0 amide bonds. The maximum Gasteiger partial charge on any atom is 0.416 e. The highest BCUT2D eigenvalue weighted by Crippen LogP contribution is 2.30. The Morgan fingerprint density at radius 1 is 0.955 bits per heavy atom. The van der Waals surface area contributed by atoms with Crippen LogP contribution in [0.3, 0.4) is 0 Å². The van der Waals surface area contributed by atoms with Gasteiger partial charge in [-0.15, -0.1) is 0 Å². The zero-order valence-corrected chi connectivity index (χ0v) is 11.2. The number of aromatic nitrogens is 3. The predicted molar refractivity (Wildman–Crippen MR) is 71.8 cm³/mol. The van der Waals surface area contributed by atoms with Crippen molar-refractivity contribution in [2.75, 3.05) is 0 Å². The summed E-state index contributed by atoms with van der Waals surface area (Å²) in [6.45, 7) is 0. The summed E-state index contributed by atoms with van der Waals surface area (Å²) in [6.07, 6.45) is -0.608. The minimum atomic E-state index is -4.36. The molecule has 1 aromatic carbocycles. The lowest BCUT2D eigenvalue weighted by Crippen LogP contribution is -2.04. The normalized spacial score (nSPS) is 11.6. The molecular formula is C15H10F3N3O. The van der Waals surface area contributed by atoms with Crippen molar-refractivity contribution in [2.45, 2.75) is 12.6 Å². The van der Waals surface area contributed by atoms with Crippen LogP contribution in [0, 0.1) is 0 Å². The molecule has 0 bridgehead atoms. The summed E-state index contributed by atoms with van der Waals surface area (Å²) in [5, 5.41) is 3.79. The first-order chi connectivity index (χ1) is 10.5. The molecule has 0 fully saturated rings. The van der Waals surface area contributed by atoms with Gasteiger partial charge in [-0.3, -0.25) is 4.98 Å². The fourth-order valence-electron chi connectivity index (χ4n) is 1.93. The van der Waals surface area contributed by atoms with Gasteiger partial charge in [0.1, 0.15) is 0 Å². The minimum Gasteiger partial charge on any atom is -0.339 e. The Bertz CT molecular complexity index is 752. The number of hydrogen-bond donors (Lipinski definition) is 0. The number of benzene rings is 1. The molecule has 0 N–H and O–H groups in total. The van der Waals surface area contributed by atoms with Crippen LogP contribution in [-0.4, -0.2) is 15.1 Å². The van der Waals surface area contributed by atoms with Crippen LogP contribution in [0.2, 0.25) is 0 Å². The van der Waals surface area contributed by atoms with Crippen molar-refractivity contribution < 1.29 is 17.7 Å². The van der Waals surface area contributed by atoms with E-state index in [0.717, 1.165) is 17.7 Å². The van der Waals surface area contributed by atoms with Crippen molar-refractivity contribution in [1.82, 2.24) is 15.1 Å². The van der Waals surface area contributed by atoms with Crippen molar-refractivity contribution >= 4 is 0 Å². The second-order valence-electron chi connectivity index (χ2n) is 4.62. The molecule has 0 aliphatic heterocycles. The lowest BCUT2D eigenvalue weighted by Gasteiger charge is -2.05. The predicted octanol–water partition coefficient (Wildman–Crippen LogP) is 3.74. The third kappa shape index (κ3) is 3.13. The van der Waals surface area contributed by atoms with Crippen LogP contribution >= 0.6 is 0 Å². The Hall–Kier alpha value is -2.70. The van der Waals surface area contributed by atoms with Crippen LogP contribution < -0.4 is 0 Å². The van der Waals surface area contributed by atoms with Gasteiger partial charge in [-0.1, -0.05) is 17.3 Å². The van der Waals surface area contributed by atoms with E-state index in [2.05, 4.69) is 15.1 Å². The van der Waals surface area contributed by atoms with Crippen molar-refractivity contribution in [1.29, 1.82) is 0 Å². The lowest BCUT2D eigenvalue weighted by molar-refractivity contribution is -0.137. The fraction of sp³-hybridized carbons (Fsp3) is 0.133. The summed E-state index contributed by atoms with van der Waals surface area (Å²) in [5.74, 6) is 0.652. The van der Waals surface area contributed by atoms with E-state index in [-0.39, 0.29) is 5.82 Å². The van der Waals surface area contributed by atoms with E-state index >= 15 is 0 Å². The van der Waals surface area contributed by atoms with E-state index < -0.39 is 11.7 Å². The van der Waals surface area contributed by atoms with Gasteiger partial charge < -0.3 is 4.52 Å². The van der Waals surface area contributed by atoms with Gasteiger partial charge in [-0.05, 0) is 29.8 Å². The van der Waals surface area contributed by atoms with E-state index in [0.29, 0.717) is 17.9 Å². The van der Waals surface area contributed by atoms with Crippen molar-refractivity contribution in [3.8, 4) is 11.4 Å². The number of alkyl halides is 3. The van der Waals surface area contributed by atoms with Crippen molar-refractivity contribution in [3.05, 3.63) is 65.8 Å². The van der Waals surface area contributed by atoms with Gasteiger partial charge in [0.25, 0.3) is 0 Å². The van der Waals surface area contributed by atoms with Crippen LogP contribution in [0.1, 0.15) is 17.0 Å². The largest absolute Gasteiger partial charge is 0.416 e. The van der Waals surface area contributed by atoms with Crippen LogP contribution in [0.15, 0.2) is 53.3 Å². The number of rotatable bonds is 3. The molecule has 2 aromatic heterocycles. The molecule has 7 heteroatoms. The quantitative estimate of drug-likeness (QED) is 0.739. The number of hydrogen-bond acceptors (Lipinski definition) is 4. The fourth-order valence-corrected chi connectivity index (χ4v) is 1.93. The molecule has 112 valence electrons. The second-order valence-corrected chi connectivity index (χ2v) is 4.62. The highest BCUT2D eigenvalue weighted by atomic mass is 19.4. The zero-order valence-electron chi connectivity index (χ0n) is 11.2. The SMILES string of the molecule is FC(F)(F)c1ccc(-c2noc(Cc3ccncc3)n2)cc1. The molecule has 0 radical (unpaired) electrons. The number of nitrogens with zero attached hydrogens (tertiary/aromatic N) is 3. The standard InChI is InChI=1S/C15H10F3N3O/c16-15(17,18)12-3-1-11(2-4-12)14-20-13(22-21-14)9-10-5-7-19-8-6-10/h1-8H,9H2. The molecule has 0 saturated heterocycles. The molecule has 0 saturated carbocycles. The molecule has 22 heavy (non-hydrogen) atoms. The smallest absolute Gasteiger partial charge is 0.339 e. The van der Waals surface area contributed by atoms with E-state index in [1.165, 1.54) is 12.1 Å². The van der Waals surface area contributed by atoms with Gasteiger partial charge in [-0.2, -0.15) is 18.2 Å². The van der Waals surface area contributed by atoms with Gasteiger partial charge >= 0.3 is 6.18 Å². The first kappa shape index (κ1) is 14.2. The second kappa shape index (κ2) is 5.59. The summed E-state index contributed by atoms with van der Waals surface area (Å²) in [6, 6.07) is 8.28. The van der Waals surface area contributed by atoms with Crippen LogP contribution in [0.4, 0.5) is 13.2 Å². The number of halogens is 3. The van der Waals surface area contributed by atoms with E-state index in [9.17, 15) is 13.2 Å². The summed E-state index contributed by atoms with van der Waals surface area (Å²) in [7, 11) is 0. The Balaban J connectivity index is 1.79. The maximum absolute atomic E-state index is 12.5. The van der Waals surface area contributed by atoms with Crippen molar-refractivity contribution in [3.63, 3.8) is 0 Å². The maximum atomic E-state index is 12.5.